The highest BCUT2D eigenvalue weighted by Crippen LogP contribution is 2.23. The van der Waals surface area contributed by atoms with Crippen LogP contribution in [0.2, 0.25) is 0 Å². The molecule has 1 fully saturated rings. The first-order valence-corrected chi connectivity index (χ1v) is 10.4. The van der Waals surface area contributed by atoms with Crippen molar-refractivity contribution in [3.05, 3.63) is 60.1 Å². The molecule has 0 radical (unpaired) electrons. The lowest BCUT2D eigenvalue weighted by molar-refractivity contribution is 0.165. The molecule has 0 bridgehead atoms. The quantitative estimate of drug-likeness (QED) is 0.590. The summed E-state index contributed by atoms with van der Waals surface area (Å²) < 4.78 is 5.50. The lowest BCUT2D eigenvalue weighted by atomic mass is 9.94. The third kappa shape index (κ3) is 5.01. The summed E-state index contributed by atoms with van der Waals surface area (Å²) >= 11 is 0. The average Bonchev–Trinajstić information content (AvgIpc) is 3.23. The fraction of sp³-hybridized carbons (Fsp3) is 0.435. The molecule has 0 unspecified atom stereocenters. The molecule has 2 aromatic heterocycles. The van der Waals surface area contributed by atoms with E-state index in [9.17, 15) is 0 Å². The van der Waals surface area contributed by atoms with Crippen LogP contribution >= 0.6 is 0 Å². The van der Waals surface area contributed by atoms with Gasteiger partial charge in [0.15, 0.2) is 0 Å². The van der Waals surface area contributed by atoms with Crippen LogP contribution in [0.4, 0.5) is 5.82 Å². The predicted octanol–water partition coefficient (Wildman–Crippen LogP) is 4.53. The minimum atomic E-state index is 0.599. The Kier molecular flexibility index (Phi) is 6.20. The Labute approximate surface area is 172 Å². The van der Waals surface area contributed by atoms with E-state index in [4.69, 9.17) is 4.52 Å². The van der Waals surface area contributed by atoms with E-state index in [-0.39, 0.29) is 0 Å². The fourth-order valence-electron chi connectivity index (χ4n) is 3.98. The second kappa shape index (κ2) is 9.18. The highest BCUT2D eigenvalue weighted by atomic mass is 16.5. The summed E-state index contributed by atoms with van der Waals surface area (Å²) in [6, 6.07) is 15.0. The summed E-state index contributed by atoms with van der Waals surface area (Å²) in [5.41, 5.74) is 2.13. The summed E-state index contributed by atoms with van der Waals surface area (Å²) in [5.74, 6) is 2.18. The molecule has 2 heterocycles. The lowest BCUT2D eigenvalue weighted by Gasteiger charge is -2.29. The van der Waals surface area contributed by atoms with E-state index in [1.54, 1.807) is 0 Å². The Balaban J connectivity index is 1.37. The van der Waals surface area contributed by atoms with Gasteiger partial charge in [-0.25, -0.2) is 4.98 Å². The molecule has 0 spiro atoms. The maximum atomic E-state index is 5.50. The van der Waals surface area contributed by atoms with Crippen LogP contribution in [0.25, 0.3) is 11.4 Å². The molecule has 29 heavy (non-hydrogen) atoms. The summed E-state index contributed by atoms with van der Waals surface area (Å²) in [7, 11) is 4.20. The summed E-state index contributed by atoms with van der Waals surface area (Å²) in [4.78, 5) is 13.6. The van der Waals surface area contributed by atoms with Gasteiger partial charge in [-0.1, -0.05) is 54.8 Å². The maximum Gasteiger partial charge on any atom is 0.241 e. The first kappa shape index (κ1) is 19.6. The normalized spacial score (nSPS) is 15.0. The number of pyridine rings is 1. The van der Waals surface area contributed by atoms with E-state index in [0.717, 1.165) is 17.9 Å². The minimum Gasteiger partial charge on any atom is -0.355 e. The van der Waals surface area contributed by atoms with E-state index in [1.807, 2.05) is 31.4 Å². The Bertz CT molecular complexity index is 887. The number of hydrogen-bond acceptors (Lipinski definition) is 6. The molecule has 0 N–H and O–H groups in total. The van der Waals surface area contributed by atoms with Crippen LogP contribution < -0.4 is 4.90 Å². The van der Waals surface area contributed by atoms with Crippen LogP contribution in [0.15, 0.2) is 53.2 Å². The molecule has 6 nitrogen and oxygen atoms in total. The van der Waals surface area contributed by atoms with Gasteiger partial charge in [0, 0.05) is 31.4 Å². The van der Waals surface area contributed by atoms with E-state index < -0.39 is 0 Å². The Morgan fingerprint density at radius 3 is 2.48 bits per heavy atom. The molecule has 3 aromatic rings. The zero-order valence-corrected chi connectivity index (χ0v) is 17.3. The van der Waals surface area contributed by atoms with Gasteiger partial charge in [-0.3, -0.25) is 4.90 Å². The molecule has 6 heteroatoms. The summed E-state index contributed by atoms with van der Waals surface area (Å²) in [6.07, 6.45) is 8.34. The van der Waals surface area contributed by atoms with Crippen LogP contribution in [0, 0.1) is 0 Å². The van der Waals surface area contributed by atoms with E-state index in [2.05, 4.69) is 56.2 Å². The van der Waals surface area contributed by atoms with Gasteiger partial charge >= 0.3 is 0 Å². The van der Waals surface area contributed by atoms with Crippen LogP contribution in [-0.4, -0.2) is 40.2 Å². The van der Waals surface area contributed by atoms with Crippen LogP contribution in [-0.2, 0) is 13.1 Å². The molecule has 1 aliphatic carbocycles. The molecule has 0 saturated heterocycles. The third-order valence-electron chi connectivity index (χ3n) is 5.71. The second-order valence-electron chi connectivity index (χ2n) is 7.97. The van der Waals surface area contributed by atoms with Gasteiger partial charge in [-0.2, -0.15) is 4.98 Å². The molecular formula is C23H29N5O. The minimum absolute atomic E-state index is 0.599. The number of rotatable bonds is 7. The highest BCUT2D eigenvalue weighted by molar-refractivity contribution is 5.55. The fourth-order valence-corrected chi connectivity index (χ4v) is 3.98. The van der Waals surface area contributed by atoms with Crippen molar-refractivity contribution in [3.63, 3.8) is 0 Å². The summed E-state index contributed by atoms with van der Waals surface area (Å²) in [5, 5.41) is 4.16. The Hall–Kier alpha value is -2.73. The third-order valence-corrected chi connectivity index (χ3v) is 5.71. The smallest absolute Gasteiger partial charge is 0.241 e. The van der Waals surface area contributed by atoms with Gasteiger partial charge in [-0.05, 0) is 37.6 Å². The van der Waals surface area contributed by atoms with Gasteiger partial charge in [0.2, 0.25) is 11.7 Å². The standard InChI is InChI=1S/C23H29N5O/c1-27(20-11-7-4-8-12-20)17-22-25-23(26-29-22)19-13-14-21(24-15-19)28(2)16-18-9-5-3-6-10-18/h3,5-6,9-10,13-15,20H,4,7-8,11-12,16-17H2,1-2H3. The van der Waals surface area contributed by atoms with Gasteiger partial charge in [-0.15, -0.1) is 0 Å². The van der Waals surface area contributed by atoms with Crippen molar-refractivity contribution in [2.24, 2.45) is 0 Å². The SMILES string of the molecule is CN(Cc1ccccc1)c1ccc(-c2noc(CN(C)C3CCCCC3)n2)cn1. The zero-order valence-electron chi connectivity index (χ0n) is 17.3. The average molecular weight is 392 g/mol. The number of benzene rings is 1. The van der Waals surface area contributed by atoms with Gasteiger partial charge in [0.25, 0.3) is 0 Å². The van der Waals surface area contributed by atoms with Crippen molar-refractivity contribution in [1.82, 2.24) is 20.0 Å². The largest absolute Gasteiger partial charge is 0.355 e. The van der Waals surface area contributed by atoms with E-state index in [0.29, 0.717) is 24.3 Å². The number of aromatic nitrogens is 3. The number of nitrogens with zero attached hydrogens (tertiary/aromatic N) is 5. The predicted molar refractivity (Wildman–Crippen MR) is 114 cm³/mol. The summed E-state index contributed by atoms with van der Waals surface area (Å²) in [6.45, 7) is 1.51. The van der Waals surface area contributed by atoms with Crippen molar-refractivity contribution < 1.29 is 4.52 Å². The van der Waals surface area contributed by atoms with Crippen molar-refractivity contribution in [2.45, 2.75) is 51.2 Å². The monoisotopic (exact) mass is 391 g/mol. The van der Waals surface area contributed by atoms with Gasteiger partial charge in [0.05, 0.1) is 6.54 Å². The number of anilines is 1. The van der Waals surface area contributed by atoms with Crippen molar-refractivity contribution in [2.75, 3.05) is 19.0 Å². The van der Waals surface area contributed by atoms with Crippen LogP contribution in [0.5, 0.6) is 0 Å². The molecule has 4 rings (SSSR count). The van der Waals surface area contributed by atoms with Crippen LogP contribution in [0.1, 0.15) is 43.6 Å². The highest BCUT2D eigenvalue weighted by Gasteiger charge is 2.20. The second-order valence-corrected chi connectivity index (χ2v) is 7.97. The lowest BCUT2D eigenvalue weighted by Crippen LogP contribution is -2.32. The maximum absolute atomic E-state index is 5.50. The molecule has 1 aliphatic rings. The molecular weight excluding hydrogens is 362 g/mol. The van der Waals surface area contributed by atoms with Crippen LogP contribution in [0.3, 0.4) is 0 Å². The molecule has 1 saturated carbocycles. The molecule has 1 aromatic carbocycles. The molecule has 0 aliphatic heterocycles. The van der Waals surface area contributed by atoms with Gasteiger partial charge < -0.3 is 9.42 Å². The first-order chi connectivity index (χ1) is 14.2. The Morgan fingerprint density at radius 2 is 1.76 bits per heavy atom. The van der Waals surface area contributed by atoms with Gasteiger partial charge in [0.1, 0.15) is 5.82 Å². The molecule has 0 amide bonds. The number of hydrogen-bond donors (Lipinski definition) is 0. The van der Waals surface area contributed by atoms with E-state index >= 15 is 0 Å². The van der Waals surface area contributed by atoms with Crippen molar-refractivity contribution >= 4 is 5.82 Å². The zero-order chi connectivity index (χ0) is 20.1. The topological polar surface area (TPSA) is 58.3 Å². The molecule has 0 atom stereocenters. The van der Waals surface area contributed by atoms with E-state index in [1.165, 1.54) is 37.7 Å². The first-order valence-electron chi connectivity index (χ1n) is 10.4. The molecule has 152 valence electrons. The van der Waals surface area contributed by atoms with Crippen molar-refractivity contribution in [3.8, 4) is 11.4 Å². The van der Waals surface area contributed by atoms with Crippen molar-refractivity contribution in [1.29, 1.82) is 0 Å². The Morgan fingerprint density at radius 1 is 0.966 bits per heavy atom.